The molecular weight excluding hydrogens is 272 g/mol. The molecule has 1 aromatic carbocycles. The number of carbonyl (C=O) groups is 2. The smallest absolute Gasteiger partial charge is 0.337 e. The van der Waals surface area contributed by atoms with Gasteiger partial charge < -0.3 is 14.2 Å². The van der Waals surface area contributed by atoms with Crippen LogP contribution in [0, 0.1) is 6.92 Å². The molecule has 108 valence electrons. The lowest BCUT2D eigenvalue weighted by molar-refractivity contribution is 0.0600. The summed E-state index contributed by atoms with van der Waals surface area (Å²) < 4.78 is 9.72. The topological polar surface area (TPSA) is 72.6 Å². The second-order valence-electron chi connectivity index (χ2n) is 4.87. The first kappa shape index (κ1) is 13.4. The Balaban J connectivity index is 1.90. The van der Waals surface area contributed by atoms with Crippen molar-refractivity contribution < 1.29 is 18.8 Å². The second kappa shape index (κ2) is 5.05. The maximum Gasteiger partial charge on any atom is 0.337 e. The fraction of sp³-hybridized carbons (Fsp3) is 0.267. The van der Waals surface area contributed by atoms with Crippen molar-refractivity contribution in [3.8, 4) is 0 Å². The van der Waals surface area contributed by atoms with Crippen molar-refractivity contribution in [2.45, 2.75) is 13.3 Å². The number of esters is 1. The number of aryl methyl sites for hydroxylation is 1. The van der Waals surface area contributed by atoms with Gasteiger partial charge in [-0.25, -0.2) is 4.79 Å². The van der Waals surface area contributed by atoms with Gasteiger partial charge in [0, 0.05) is 18.3 Å². The first-order valence-electron chi connectivity index (χ1n) is 6.56. The third kappa shape index (κ3) is 2.29. The summed E-state index contributed by atoms with van der Waals surface area (Å²) in [7, 11) is 1.34. The van der Waals surface area contributed by atoms with E-state index >= 15 is 0 Å². The summed E-state index contributed by atoms with van der Waals surface area (Å²) in [4.78, 5) is 25.6. The van der Waals surface area contributed by atoms with E-state index < -0.39 is 0 Å². The van der Waals surface area contributed by atoms with Crippen LogP contribution in [0.2, 0.25) is 0 Å². The number of hydrogen-bond donors (Lipinski definition) is 0. The number of fused-ring (bicyclic) bond motifs is 1. The molecule has 1 aliphatic rings. The predicted octanol–water partition coefficient (Wildman–Crippen LogP) is 1.97. The Kier molecular flexibility index (Phi) is 3.21. The van der Waals surface area contributed by atoms with E-state index in [0.29, 0.717) is 24.2 Å². The molecule has 0 atom stereocenters. The molecule has 0 bridgehead atoms. The van der Waals surface area contributed by atoms with E-state index in [1.165, 1.54) is 7.11 Å². The number of methoxy groups -OCH3 is 1. The minimum Gasteiger partial charge on any atom is -0.465 e. The molecule has 0 N–H and O–H groups in total. The van der Waals surface area contributed by atoms with E-state index in [9.17, 15) is 9.59 Å². The Morgan fingerprint density at radius 1 is 1.33 bits per heavy atom. The average molecular weight is 286 g/mol. The molecule has 0 saturated heterocycles. The molecule has 1 aromatic heterocycles. The molecule has 3 rings (SSSR count). The summed E-state index contributed by atoms with van der Waals surface area (Å²) in [6.07, 6.45) is 0.693. The number of nitrogens with zero attached hydrogens (tertiary/aromatic N) is 2. The highest BCUT2D eigenvalue weighted by atomic mass is 16.5. The molecule has 0 radical (unpaired) electrons. The fourth-order valence-corrected chi connectivity index (χ4v) is 2.45. The van der Waals surface area contributed by atoms with Crippen LogP contribution < -0.4 is 4.90 Å². The van der Waals surface area contributed by atoms with Crippen molar-refractivity contribution in [1.29, 1.82) is 0 Å². The molecular formula is C15H14N2O4. The van der Waals surface area contributed by atoms with Gasteiger partial charge in [-0.2, -0.15) is 0 Å². The van der Waals surface area contributed by atoms with Crippen LogP contribution in [0.25, 0.3) is 0 Å². The van der Waals surface area contributed by atoms with Gasteiger partial charge in [-0.3, -0.25) is 4.79 Å². The highest BCUT2D eigenvalue weighted by Gasteiger charge is 2.28. The molecule has 6 nitrogen and oxygen atoms in total. The minimum atomic E-state index is -0.381. The molecule has 1 aliphatic heterocycles. The molecule has 0 unspecified atom stereocenters. The van der Waals surface area contributed by atoms with Crippen molar-refractivity contribution in [2.75, 3.05) is 18.6 Å². The predicted molar refractivity (Wildman–Crippen MR) is 74.4 cm³/mol. The van der Waals surface area contributed by atoms with Gasteiger partial charge in [-0.15, -0.1) is 0 Å². The zero-order valence-electron chi connectivity index (χ0n) is 11.8. The molecule has 0 saturated carbocycles. The lowest BCUT2D eigenvalue weighted by Gasteiger charge is -2.15. The molecule has 0 fully saturated rings. The third-order valence-corrected chi connectivity index (χ3v) is 3.48. The Bertz CT molecular complexity index is 720. The number of ether oxygens (including phenoxy) is 1. The highest BCUT2D eigenvalue weighted by molar-refractivity contribution is 6.05. The van der Waals surface area contributed by atoms with Crippen LogP contribution in [0.1, 0.15) is 32.2 Å². The van der Waals surface area contributed by atoms with Gasteiger partial charge in [-0.05, 0) is 37.1 Å². The number of anilines is 1. The summed E-state index contributed by atoms with van der Waals surface area (Å²) in [5.41, 5.74) is 2.89. The zero-order chi connectivity index (χ0) is 15.0. The highest BCUT2D eigenvalue weighted by Crippen LogP contribution is 2.30. The third-order valence-electron chi connectivity index (χ3n) is 3.48. The first-order valence-corrected chi connectivity index (χ1v) is 6.56. The van der Waals surface area contributed by atoms with Crippen LogP contribution in [0.5, 0.6) is 0 Å². The molecule has 1 amide bonds. The van der Waals surface area contributed by atoms with Crippen LogP contribution in [0.15, 0.2) is 28.8 Å². The number of carbonyl (C=O) groups excluding carboxylic acids is 2. The largest absolute Gasteiger partial charge is 0.465 e. The van der Waals surface area contributed by atoms with Crippen LogP contribution in [-0.4, -0.2) is 30.7 Å². The number of rotatable bonds is 2. The van der Waals surface area contributed by atoms with Crippen molar-refractivity contribution in [1.82, 2.24) is 5.16 Å². The maximum atomic E-state index is 12.4. The van der Waals surface area contributed by atoms with E-state index in [2.05, 4.69) is 5.16 Å². The van der Waals surface area contributed by atoms with Crippen LogP contribution in [0.3, 0.4) is 0 Å². The Morgan fingerprint density at radius 2 is 2.14 bits per heavy atom. The number of hydrogen-bond acceptors (Lipinski definition) is 5. The quantitative estimate of drug-likeness (QED) is 0.789. The van der Waals surface area contributed by atoms with E-state index in [0.717, 1.165) is 11.3 Å². The van der Waals surface area contributed by atoms with E-state index in [1.807, 2.05) is 0 Å². The SMILES string of the molecule is COC(=O)c1ccc2c(c1)CCN2C(=O)c1cc(C)no1. The van der Waals surface area contributed by atoms with Gasteiger partial charge in [0.1, 0.15) is 0 Å². The number of benzene rings is 1. The monoisotopic (exact) mass is 286 g/mol. The summed E-state index contributed by atoms with van der Waals surface area (Å²) in [5.74, 6) is -0.383. The lowest BCUT2D eigenvalue weighted by Crippen LogP contribution is -2.28. The summed E-state index contributed by atoms with van der Waals surface area (Å²) >= 11 is 0. The average Bonchev–Trinajstić information content (AvgIpc) is 3.11. The molecule has 2 aromatic rings. The van der Waals surface area contributed by atoms with Gasteiger partial charge in [0.25, 0.3) is 5.91 Å². The molecule has 0 spiro atoms. The van der Waals surface area contributed by atoms with Gasteiger partial charge >= 0.3 is 5.97 Å². The van der Waals surface area contributed by atoms with Crippen molar-refractivity contribution >= 4 is 17.6 Å². The fourth-order valence-electron chi connectivity index (χ4n) is 2.45. The van der Waals surface area contributed by atoms with Crippen molar-refractivity contribution in [3.63, 3.8) is 0 Å². The Morgan fingerprint density at radius 3 is 2.81 bits per heavy atom. The van der Waals surface area contributed by atoms with Gasteiger partial charge in [-0.1, -0.05) is 5.16 Å². The number of amides is 1. The summed E-state index contributed by atoms with van der Waals surface area (Å²) in [5, 5.41) is 3.73. The zero-order valence-corrected chi connectivity index (χ0v) is 11.8. The molecule has 6 heteroatoms. The molecule has 0 aliphatic carbocycles. The lowest BCUT2D eigenvalue weighted by atomic mass is 10.1. The standard InChI is InChI=1S/C15H14N2O4/c1-9-7-13(21-16-9)14(18)17-6-5-10-8-11(15(19)20-2)3-4-12(10)17/h3-4,7-8H,5-6H2,1-2H3. The van der Waals surface area contributed by atoms with E-state index in [4.69, 9.17) is 9.26 Å². The van der Waals surface area contributed by atoms with Gasteiger partial charge in [0.2, 0.25) is 5.76 Å². The number of aromatic nitrogens is 1. The Hall–Kier alpha value is -2.63. The minimum absolute atomic E-state index is 0.220. The van der Waals surface area contributed by atoms with Crippen LogP contribution >= 0.6 is 0 Å². The van der Waals surface area contributed by atoms with Crippen molar-refractivity contribution in [2.24, 2.45) is 0 Å². The normalized spacial score (nSPS) is 13.1. The van der Waals surface area contributed by atoms with Crippen LogP contribution in [0.4, 0.5) is 5.69 Å². The van der Waals surface area contributed by atoms with Crippen LogP contribution in [-0.2, 0) is 11.2 Å². The Labute approximate surface area is 121 Å². The summed E-state index contributed by atoms with van der Waals surface area (Å²) in [6.45, 7) is 2.32. The summed E-state index contributed by atoms with van der Waals surface area (Å²) in [6, 6.07) is 6.79. The van der Waals surface area contributed by atoms with Crippen molar-refractivity contribution in [3.05, 3.63) is 46.8 Å². The van der Waals surface area contributed by atoms with E-state index in [1.54, 1.807) is 36.1 Å². The molecule has 2 heterocycles. The molecule has 21 heavy (non-hydrogen) atoms. The maximum absolute atomic E-state index is 12.4. The second-order valence-corrected chi connectivity index (χ2v) is 4.87. The van der Waals surface area contributed by atoms with E-state index in [-0.39, 0.29) is 17.6 Å². The van der Waals surface area contributed by atoms with Gasteiger partial charge in [0.15, 0.2) is 0 Å². The van der Waals surface area contributed by atoms with Gasteiger partial charge in [0.05, 0.1) is 18.4 Å². The first-order chi connectivity index (χ1) is 10.1.